The van der Waals surface area contributed by atoms with E-state index >= 15 is 0 Å². The van der Waals surface area contributed by atoms with Crippen molar-refractivity contribution in [2.75, 3.05) is 54.0 Å². The van der Waals surface area contributed by atoms with Gasteiger partial charge in [0.2, 0.25) is 0 Å². The van der Waals surface area contributed by atoms with E-state index in [1.54, 1.807) is 7.05 Å². The predicted molar refractivity (Wildman–Crippen MR) is 102 cm³/mol. The number of halogens is 2. The molecule has 1 aromatic carbocycles. The quantitative estimate of drug-likeness (QED) is 0.445. The lowest BCUT2D eigenvalue weighted by molar-refractivity contribution is 0.0169. The maximum absolute atomic E-state index is 13.2. The number of morpholine rings is 1. The highest BCUT2D eigenvalue weighted by Gasteiger charge is 2.23. The molecule has 23 heavy (non-hydrogen) atoms. The minimum atomic E-state index is -0.207. The highest BCUT2D eigenvalue weighted by atomic mass is 127. The molecule has 5 nitrogen and oxygen atoms in total. The zero-order valence-corrected chi connectivity index (χ0v) is 16.3. The van der Waals surface area contributed by atoms with Crippen molar-refractivity contribution in [1.82, 2.24) is 15.1 Å². The molecule has 0 radical (unpaired) electrons. The summed E-state index contributed by atoms with van der Waals surface area (Å²) in [4.78, 5) is 8.55. The number of hydrogen-bond acceptors (Lipinski definition) is 3. The molecule has 0 aromatic heterocycles. The van der Waals surface area contributed by atoms with E-state index < -0.39 is 0 Å². The average molecular weight is 436 g/mol. The summed E-state index contributed by atoms with van der Waals surface area (Å²) in [6, 6.07) is 6.92. The number of nitrogens with one attached hydrogen (secondary N) is 1. The molecule has 0 aliphatic carbocycles. The molecule has 1 heterocycles. The Morgan fingerprint density at radius 1 is 1.30 bits per heavy atom. The molecule has 0 bridgehead atoms. The van der Waals surface area contributed by atoms with E-state index in [1.807, 2.05) is 31.1 Å². The van der Waals surface area contributed by atoms with Crippen molar-refractivity contribution in [3.63, 3.8) is 0 Å². The Morgan fingerprint density at radius 2 is 1.91 bits per heavy atom. The fourth-order valence-electron chi connectivity index (χ4n) is 2.66. The van der Waals surface area contributed by atoms with E-state index in [0.717, 1.165) is 44.4 Å². The van der Waals surface area contributed by atoms with Crippen molar-refractivity contribution in [3.05, 3.63) is 35.6 Å². The Labute approximate surface area is 154 Å². The van der Waals surface area contributed by atoms with Crippen LogP contribution in [-0.4, -0.2) is 69.8 Å². The lowest BCUT2D eigenvalue weighted by Gasteiger charge is -2.35. The van der Waals surface area contributed by atoms with E-state index in [9.17, 15) is 4.39 Å². The van der Waals surface area contributed by atoms with E-state index in [2.05, 4.69) is 15.2 Å². The molecule has 7 heteroatoms. The molecule has 1 aliphatic heterocycles. The minimum Gasteiger partial charge on any atom is -0.379 e. The highest BCUT2D eigenvalue weighted by Crippen LogP contribution is 2.21. The van der Waals surface area contributed by atoms with Gasteiger partial charge in [0.1, 0.15) is 5.82 Å². The molecule has 1 fully saturated rings. The molecule has 1 unspecified atom stereocenters. The Hall–Kier alpha value is -0.930. The van der Waals surface area contributed by atoms with E-state index in [-0.39, 0.29) is 35.8 Å². The zero-order valence-electron chi connectivity index (χ0n) is 14.0. The van der Waals surface area contributed by atoms with Gasteiger partial charge in [-0.15, -0.1) is 24.0 Å². The van der Waals surface area contributed by atoms with Crippen LogP contribution in [0.3, 0.4) is 0 Å². The van der Waals surface area contributed by atoms with Crippen molar-refractivity contribution in [3.8, 4) is 0 Å². The molecule has 0 amide bonds. The van der Waals surface area contributed by atoms with E-state index in [0.29, 0.717) is 0 Å². The Balaban J connectivity index is 0.00000264. The first-order valence-electron chi connectivity index (χ1n) is 7.57. The molecule has 1 saturated heterocycles. The van der Waals surface area contributed by atoms with Gasteiger partial charge in [0, 0.05) is 40.8 Å². The van der Waals surface area contributed by atoms with Crippen molar-refractivity contribution in [2.24, 2.45) is 4.99 Å². The number of rotatable bonds is 4. The molecule has 2 rings (SSSR count). The van der Waals surface area contributed by atoms with Crippen LogP contribution in [0.4, 0.5) is 4.39 Å². The summed E-state index contributed by atoms with van der Waals surface area (Å²) in [5.41, 5.74) is 1.10. The van der Waals surface area contributed by atoms with Crippen molar-refractivity contribution >= 4 is 29.9 Å². The summed E-state index contributed by atoms with van der Waals surface area (Å²) in [6.07, 6.45) is 0. The SMILES string of the molecule is CN=C(NCC(c1ccc(F)cc1)N1CCOCC1)N(C)C.I. The Bertz CT molecular complexity index is 489. The maximum atomic E-state index is 13.2. The number of guanidine groups is 1. The number of hydrogen-bond donors (Lipinski definition) is 1. The maximum Gasteiger partial charge on any atom is 0.193 e. The summed E-state index contributed by atoms with van der Waals surface area (Å²) < 4.78 is 18.6. The molecule has 1 aromatic rings. The molecule has 1 aliphatic rings. The van der Waals surface area contributed by atoms with Crippen LogP contribution in [0.1, 0.15) is 11.6 Å². The van der Waals surface area contributed by atoms with Crippen LogP contribution in [0.2, 0.25) is 0 Å². The molecule has 0 spiro atoms. The van der Waals surface area contributed by atoms with Gasteiger partial charge in [0.15, 0.2) is 5.96 Å². The van der Waals surface area contributed by atoms with E-state index in [1.165, 1.54) is 12.1 Å². The summed E-state index contributed by atoms with van der Waals surface area (Å²) >= 11 is 0. The first-order chi connectivity index (χ1) is 10.6. The van der Waals surface area contributed by atoms with Gasteiger partial charge in [0.25, 0.3) is 0 Å². The number of aliphatic imine (C=N–C) groups is 1. The van der Waals surface area contributed by atoms with Crippen molar-refractivity contribution in [2.45, 2.75) is 6.04 Å². The summed E-state index contributed by atoms with van der Waals surface area (Å²) in [5.74, 6) is 0.627. The zero-order chi connectivity index (χ0) is 15.9. The fraction of sp³-hybridized carbons (Fsp3) is 0.562. The Kier molecular flexibility index (Phi) is 8.78. The molecule has 0 saturated carbocycles. The van der Waals surface area contributed by atoms with Crippen LogP contribution in [0.5, 0.6) is 0 Å². The Morgan fingerprint density at radius 3 is 2.43 bits per heavy atom. The second-order valence-electron chi connectivity index (χ2n) is 5.54. The third kappa shape index (κ3) is 5.89. The standard InChI is InChI=1S/C16H25FN4O.HI/c1-18-16(20(2)3)19-12-15(21-8-10-22-11-9-21)13-4-6-14(17)7-5-13;/h4-7,15H,8-12H2,1-3H3,(H,18,19);1H. The second-order valence-corrected chi connectivity index (χ2v) is 5.54. The highest BCUT2D eigenvalue weighted by molar-refractivity contribution is 14.0. The third-order valence-corrected chi connectivity index (χ3v) is 3.83. The molecule has 1 N–H and O–H groups in total. The summed E-state index contributed by atoms with van der Waals surface area (Å²) in [5, 5.41) is 3.38. The minimum absolute atomic E-state index is 0. The molecular weight excluding hydrogens is 410 g/mol. The largest absolute Gasteiger partial charge is 0.379 e. The number of benzene rings is 1. The van der Waals surface area contributed by atoms with Crippen LogP contribution >= 0.6 is 24.0 Å². The number of nitrogens with zero attached hydrogens (tertiary/aromatic N) is 3. The van der Waals surface area contributed by atoms with Crippen LogP contribution < -0.4 is 5.32 Å². The lowest BCUT2D eigenvalue weighted by Crippen LogP contribution is -2.46. The normalized spacial score (nSPS) is 17.3. The molecular formula is C16H26FIN4O. The van der Waals surface area contributed by atoms with E-state index in [4.69, 9.17) is 4.74 Å². The van der Waals surface area contributed by atoms with Gasteiger partial charge in [-0.2, -0.15) is 0 Å². The van der Waals surface area contributed by atoms with Crippen LogP contribution in [0.15, 0.2) is 29.3 Å². The lowest BCUT2D eigenvalue weighted by atomic mass is 10.0. The van der Waals surface area contributed by atoms with Gasteiger partial charge in [-0.25, -0.2) is 4.39 Å². The van der Waals surface area contributed by atoms with Gasteiger partial charge in [-0.3, -0.25) is 9.89 Å². The van der Waals surface area contributed by atoms with Gasteiger partial charge in [-0.05, 0) is 17.7 Å². The predicted octanol–water partition coefficient (Wildman–Crippen LogP) is 1.95. The van der Waals surface area contributed by atoms with Crippen LogP contribution in [0.25, 0.3) is 0 Å². The summed E-state index contributed by atoms with van der Waals surface area (Å²) in [7, 11) is 5.68. The molecule has 130 valence electrons. The van der Waals surface area contributed by atoms with Gasteiger partial charge >= 0.3 is 0 Å². The third-order valence-electron chi connectivity index (χ3n) is 3.83. The topological polar surface area (TPSA) is 40.1 Å². The van der Waals surface area contributed by atoms with Crippen LogP contribution in [0, 0.1) is 5.82 Å². The first-order valence-corrected chi connectivity index (χ1v) is 7.57. The monoisotopic (exact) mass is 436 g/mol. The first kappa shape index (κ1) is 20.1. The van der Waals surface area contributed by atoms with Gasteiger partial charge < -0.3 is 15.0 Å². The number of ether oxygens (including phenoxy) is 1. The van der Waals surface area contributed by atoms with Crippen LogP contribution in [-0.2, 0) is 4.74 Å². The van der Waals surface area contributed by atoms with Gasteiger partial charge in [0.05, 0.1) is 19.3 Å². The average Bonchev–Trinajstić information content (AvgIpc) is 2.53. The van der Waals surface area contributed by atoms with Crippen molar-refractivity contribution < 1.29 is 9.13 Å². The fourth-order valence-corrected chi connectivity index (χ4v) is 2.66. The second kappa shape index (κ2) is 10.0. The van der Waals surface area contributed by atoms with Gasteiger partial charge in [-0.1, -0.05) is 12.1 Å². The molecule has 1 atom stereocenters. The summed E-state index contributed by atoms with van der Waals surface area (Å²) in [6.45, 7) is 3.95. The van der Waals surface area contributed by atoms with Crippen molar-refractivity contribution in [1.29, 1.82) is 0 Å². The smallest absolute Gasteiger partial charge is 0.193 e.